The van der Waals surface area contributed by atoms with Gasteiger partial charge in [-0.1, -0.05) is 18.2 Å². The molecule has 0 bridgehead atoms. The van der Waals surface area contributed by atoms with Gasteiger partial charge in [0.2, 0.25) is 0 Å². The van der Waals surface area contributed by atoms with Crippen LogP contribution in [0, 0.1) is 0 Å². The predicted molar refractivity (Wildman–Crippen MR) is 93.0 cm³/mol. The van der Waals surface area contributed by atoms with Crippen molar-refractivity contribution in [3.63, 3.8) is 0 Å². The Hall–Kier alpha value is -1.54. The molecule has 0 aliphatic heterocycles. The van der Waals surface area contributed by atoms with E-state index in [-0.39, 0.29) is 0 Å². The fraction of sp³-hybridized carbons (Fsp3) is 0.333. The van der Waals surface area contributed by atoms with Crippen LogP contribution in [0.25, 0.3) is 0 Å². The van der Waals surface area contributed by atoms with Crippen LogP contribution in [0.15, 0.2) is 35.2 Å². The normalized spacial score (nSPS) is 20.3. The molecule has 2 atom stereocenters. The molecule has 0 radical (unpaired) electrons. The molecule has 132 valence electrons. The summed E-state index contributed by atoms with van der Waals surface area (Å²) in [5, 5.41) is -0.719. The zero-order valence-corrected chi connectivity index (χ0v) is 15.0. The highest BCUT2D eigenvalue weighted by atomic mass is 32.2. The van der Waals surface area contributed by atoms with Crippen molar-refractivity contribution in [2.75, 3.05) is 0 Å². The lowest BCUT2D eigenvalue weighted by Gasteiger charge is -2.27. The molecule has 7 heteroatoms. The van der Waals surface area contributed by atoms with Gasteiger partial charge in [-0.3, -0.25) is 8.76 Å². The SMILES string of the molecule is O=S([O-])c1ccc2c(c1)Cc1cc3c(cc1C2)CC(S(=O)(=O)O)CC3. The second-order valence-electron chi connectivity index (χ2n) is 6.79. The molecular weight excluding hydrogens is 360 g/mol. The van der Waals surface area contributed by atoms with Crippen LogP contribution in [0.1, 0.15) is 39.8 Å². The van der Waals surface area contributed by atoms with Crippen molar-refractivity contribution in [3.8, 4) is 0 Å². The summed E-state index contributed by atoms with van der Waals surface area (Å²) in [5.74, 6) is 0. The van der Waals surface area contributed by atoms with Crippen LogP contribution in [0.2, 0.25) is 0 Å². The van der Waals surface area contributed by atoms with Crippen LogP contribution in [0.3, 0.4) is 0 Å². The number of aryl methyl sites for hydroxylation is 1. The molecule has 0 heterocycles. The molecule has 4 rings (SSSR count). The molecule has 0 fully saturated rings. The summed E-state index contributed by atoms with van der Waals surface area (Å²) in [6, 6.07) is 9.37. The Morgan fingerprint density at radius 3 is 2.28 bits per heavy atom. The van der Waals surface area contributed by atoms with Crippen molar-refractivity contribution in [3.05, 3.63) is 63.7 Å². The minimum atomic E-state index is -4.01. The molecule has 0 aromatic heterocycles. The standard InChI is InChI=1S/C18H18O5S2/c19-24(20)17-3-1-11-5-14-8-16-10-18(25(21,22)23)4-2-12(16)6-13(14)7-15(11)9-17/h1,3,6,8-9,18H,2,4-5,7,10H2,(H,19,20)(H,21,22,23)/p-1. The second-order valence-corrected chi connectivity index (χ2v) is 9.43. The van der Waals surface area contributed by atoms with Crippen molar-refractivity contribution in [1.82, 2.24) is 0 Å². The third-order valence-electron chi connectivity index (χ3n) is 5.26. The van der Waals surface area contributed by atoms with E-state index in [9.17, 15) is 21.7 Å². The van der Waals surface area contributed by atoms with Gasteiger partial charge in [-0.15, -0.1) is 0 Å². The van der Waals surface area contributed by atoms with Crippen LogP contribution in [0.5, 0.6) is 0 Å². The Morgan fingerprint density at radius 1 is 0.960 bits per heavy atom. The van der Waals surface area contributed by atoms with Crippen molar-refractivity contribution < 1.29 is 21.7 Å². The van der Waals surface area contributed by atoms with Crippen LogP contribution in [-0.2, 0) is 46.9 Å². The lowest BCUT2D eigenvalue weighted by molar-refractivity contribution is 0.456. The van der Waals surface area contributed by atoms with Gasteiger partial charge < -0.3 is 4.55 Å². The topological polar surface area (TPSA) is 94.5 Å². The average molecular weight is 377 g/mol. The highest BCUT2D eigenvalue weighted by molar-refractivity contribution is 7.86. The minimum Gasteiger partial charge on any atom is -0.768 e. The molecule has 2 aromatic carbocycles. The largest absolute Gasteiger partial charge is 0.768 e. The number of rotatable bonds is 2. The molecule has 2 aliphatic carbocycles. The number of fused-ring (bicyclic) bond motifs is 3. The Kier molecular flexibility index (Phi) is 4.07. The van der Waals surface area contributed by atoms with Crippen LogP contribution in [0.4, 0.5) is 0 Å². The summed E-state index contributed by atoms with van der Waals surface area (Å²) in [4.78, 5) is 0.302. The summed E-state index contributed by atoms with van der Waals surface area (Å²) in [6.45, 7) is 0. The summed E-state index contributed by atoms with van der Waals surface area (Å²) < 4.78 is 54.5. The molecule has 2 aliphatic rings. The lowest BCUT2D eigenvalue weighted by atomic mass is 9.81. The van der Waals surface area contributed by atoms with E-state index in [1.54, 1.807) is 12.1 Å². The summed E-state index contributed by atoms with van der Waals surface area (Å²) in [5.41, 5.74) is 6.58. The van der Waals surface area contributed by atoms with Gasteiger partial charge in [0.05, 0.1) is 5.25 Å². The molecule has 2 unspecified atom stereocenters. The average Bonchev–Trinajstić information content (AvgIpc) is 2.56. The maximum Gasteiger partial charge on any atom is 0.268 e. The molecule has 5 nitrogen and oxygen atoms in total. The first kappa shape index (κ1) is 16.9. The number of hydrogen-bond acceptors (Lipinski definition) is 4. The van der Waals surface area contributed by atoms with Gasteiger partial charge in [-0.2, -0.15) is 8.42 Å². The van der Waals surface area contributed by atoms with E-state index in [0.717, 1.165) is 27.8 Å². The molecule has 0 amide bonds. The van der Waals surface area contributed by atoms with E-state index in [2.05, 4.69) is 12.1 Å². The predicted octanol–water partition coefficient (Wildman–Crippen LogP) is 2.16. The van der Waals surface area contributed by atoms with Crippen LogP contribution in [-0.4, -0.2) is 27.0 Å². The first-order valence-corrected chi connectivity index (χ1v) is 10.7. The molecule has 1 N–H and O–H groups in total. The summed E-state index contributed by atoms with van der Waals surface area (Å²) in [7, 11) is -4.01. The van der Waals surface area contributed by atoms with Crippen LogP contribution >= 0.6 is 0 Å². The maximum absolute atomic E-state index is 11.4. The zero-order valence-electron chi connectivity index (χ0n) is 13.4. The van der Waals surface area contributed by atoms with Gasteiger partial charge >= 0.3 is 0 Å². The van der Waals surface area contributed by atoms with E-state index in [1.807, 2.05) is 6.07 Å². The van der Waals surface area contributed by atoms with E-state index >= 15 is 0 Å². The lowest BCUT2D eigenvalue weighted by Crippen LogP contribution is -2.28. The van der Waals surface area contributed by atoms with Gasteiger partial charge in [0.15, 0.2) is 0 Å². The summed E-state index contributed by atoms with van der Waals surface area (Å²) >= 11 is -2.23. The Bertz CT molecular complexity index is 995. The monoisotopic (exact) mass is 377 g/mol. The van der Waals surface area contributed by atoms with Gasteiger partial charge in [-0.05, 0) is 88.7 Å². The maximum atomic E-state index is 11.4. The van der Waals surface area contributed by atoms with E-state index in [4.69, 9.17) is 0 Å². The second kappa shape index (κ2) is 6.02. The minimum absolute atomic E-state index is 0.302. The van der Waals surface area contributed by atoms with E-state index in [0.29, 0.717) is 37.0 Å². The van der Waals surface area contributed by atoms with Crippen molar-refractivity contribution in [1.29, 1.82) is 0 Å². The zero-order chi connectivity index (χ0) is 17.8. The molecule has 0 spiro atoms. The fourth-order valence-corrected chi connectivity index (χ4v) is 5.14. The Balaban J connectivity index is 1.69. The summed E-state index contributed by atoms with van der Waals surface area (Å²) in [6.07, 6.45) is 2.80. The molecule has 25 heavy (non-hydrogen) atoms. The number of hydrogen-bond donors (Lipinski definition) is 1. The highest BCUT2D eigenvalue weighted by Gasteiger charge is 2.29. The van der Waals surface area contributed by atoms with E-state index < -0.39 is 26.4 Å². The Morgan fingerprint density at radius 2 is 1.60 bits per heavy atom. The van der Waals surface area contributed by atoms with Crippen LogP contribution < -0.4 is 0 Å². The van der Waals surface area contributed by atoms with Gasteiger partial charge in [0.25, 0.3) is 10.1 Å². The van der Waals surface area contributed by atoms with Crippen molar-refractivity contribution >= 4 is 21.2 Å². The van der Waals surface area contributed by atoms with Gasteiger partial charge in [0.1, 0.15) is 0 Å². The first-order chi connectivity index (χ1) is 11.8. The van der Waals surface area contributed by atoms with Gasteiger partial charge in [-0.25, -0.2) is 0 Å². The first-order valence-electron chi connectivity index (χ1n) is 8.12. The number of benzene rings is 2. The molecule has 2 aromatic rings. The highest BCUT2D eigenvalue weighted by Crippen LogP contribution is 2.34. The molecule has 0 saturated carbocycles. The quantitative estimate of drug-likeness (QED) is 0.545. The fourth-order valence-electron chi connectivity index (χ4n) is 3.91. The smallest absolute Gasteiger partial charge is 0.268 e. The third kappa shape index (κ3) is 3.17. The Labute approximate surface area is 149 Å². The van der Waals surface area contributed by atoms with Crippen molar-refractivity contribution in [2.24, 2.45) is 0 Å². The van der Waals surface area contributed by atoms with E-state index in [1.165, 1.54) is 5.56 Å². The van der Waals surface area contributed by atoms with Crippen molar-refractivity contribution in [2.45, 2.75) is 42.2 Å². The van der Waals surface area contributed by atoms with Gasteiger partial charge in [0, 0.05) is 4.90 Å². The molecule has 0 saturated heterocycles. The third-order valence-corrected chi connectivity index (χ3v) is 7.14. The molecular formula is C18H17O5S2-.